The molecule has 0 bridgehead atoms. The topological polar surface area (TPSA) is 38.7 Å². The van der Waals surface area contributed by atoms with E-state index < -0.39 is 0 Å². The molecule has 0 spiro atoms. The third-order valence-electron chi connectivity index (χ3n) is 3.59. The Kier molecular flexibility index (Phi) is 3.84. The van der Waals surface area contributed by atoms with Crippen LogP contribution >= 0.6 is 11.3 Å². The lowest BCUT2D eigenvalue weighted by atomic mass is 10.1. The minimum Gasteiger partial charge on any atom is -0.244 e. The molecule has 0 saturated carbocycles. The van der Waals surface area contributed by atoms with Crippen LogP contribution in [-0.4, -0.2) is 15.0 Å². The minimum atomic E-state index is -0.262. The first-order valence-electron chi connectivity index (χ1n) is 7.39. The van der Waals surface area contributed by atoms with Gasteiger partial charge in [-0.3, -0.25) is 0 Å². The molecule has 0 fully saturated rings. The molecular formula is C19H12FN3S. The van der Waals surface area contributed by atoms with E-state index in [9.17, 15) is 4.39 Å². The Morgan fingerprint density at radius 1 is 0.750 bits per heavy atom. The summed E-state index contributed by atoms with van der Waals surface area (Å²) >= 11 is 1.58. The van der Waals surface area contributed by atoms with Crippen LogP contribution in [0.15, 0.2) is 73.3 Å². The molecule has 3 nitrogen and oxygen atoms in total. The summed E-state index contributed by atoms with van der Waals surface area (Å²) in [7, 11) is 0. The Morgan fingerprint density at radius 2 is 1.46 bits per heavy atom. The van der Waals surface area contributed by atoms with Crippen molar-refractivity contribution in [3.8, 4) is 32.3 Å². The van der Waals surface area contributed by atoms with E-state index in [-0.39, 0.29) is 5.82 Å². The average Bonchev–Trinajstić information content (AvgIpc) is 3.09. The van der Waals surface area contributed by atoms with E-state index >= 15 is 0 Å². The Balaban J connectivity index is 1.90. The predicted octanol–water partition coefficient (Wildman–Crippen LogP) is 5.07. The number of aromatic nitrogens is 3. The molecule has 116 valence electrons. The number of rotatable bonds is 3. The fourth-order valence-corrected chi connectivity index (χ4v) is 3.51. The van der Waals surface area contributed by atoms with Gasteiger partial charge in [-0.05, 0) is 24.3 Å². The van der Waals surface area contributed by atoms with Crippen LogP contribution in [0.3, 0.4) is 0 Å². The van der Waals surface area contributed by atoms with Gasteiger partial charge in [0.25, 0.3) is 0 Å². The second-order valence-electron chi connectivity index (χ2n) is 5.20. The lowest BCUT2D eigenvalue weighted by molar-refractivity contribution is 0.628. The minimum absolute atomic E-state index is 0.262. The molecule has 4 aromatic rings. The summed E-state index contributed by atoms with van der Waals surface area (Å²) in [6, 6.07) is 16.4. The highest BCUT2D eigenvalue weighted by atomic mass is 32.1. The molecule has 0 aliphatic heterocycles. The number of thiazole rings is 1. The van der Waals surface area contributed by atoms with Gasteiger partial charge < -0.3 is 0 Å². The predicted molar refractivity (Wildman–Crippen MR) is 94.0 cm³/mol. The van der Waals surface area contributed by atoms with E-state index in [1.807, 2.05) is 30.3 Å². The van der Waals surface area contributed by atoms with Gasteiger partial charge in [-0.1, -0.05) is 30.3 Å². The number of hydrogen-bond donors (Lipinski definition) is 0. The first-order chi connectivity index (χ1) is 11.8. The molecule has 0 aliphatic rings. The van der Waals surface area contributed by atoms with Gasteiger partial charge in [0.15, 0.2) is 0 Å². The maximum Gasteiger partial charge on any atom is 0.124 e. The van der Waals surface area contributed by atoms with Crippen molar-refractivity contribution in [2.24, 2.45) is 0 Å². The van der Waals surface area contributed by atoms with Gasteiger partial charge in [-0.15, -0.1) is 11.3 Å². The molecule has 2 heterocycles. The Labute approximate surface area is 142 Å². The Bertz CT molecular complexity index is 951. The highest BCUT2D eigenvalue weighted by Gasteiger charge is 2.16. The van der Waals surface area contributed by atoms with Gasteiger partial charge in [0, 0.05) is 29.1 Å². The quantitative estimate of drug-likeness (QED) is 0.525. The van der Waals surface area contributed by atoms with Crippen molar-refractivity contribution < 1.29 is 4.39 Å². The summed E-state index contributed by atoms with van der Waals surface area (Å²) < 4.78 is 13.3. The van der Waals surface area contributed by atoms with Crippen molar-refractivity contribution in [2.45, 2.75) is 0 Å². The molecule has 24 heavy (non-hydrogen) atoms. The highest BCUT2D eigenvalue weighted by molar-refractivity contribution is 7.19. The monoisotopic (exact) mass is 333 g/mol. The van der Waals surface area contributed by atoms with E-state index in [1.165, 1.54) is 18.5 Å². The van der Waals surface area contributed by atoms with Crippen molar-refractivity contribution in [3.05, 3.63) is 79.1 Å². The largest absolute Gasteiger partial charge is 0.244 e. The molecule has 0 N–H and O–H groups in total. The maximum absolute atomic E-state index is 13.3. The van der Waals surface area contributed by atoms with Crippen LogP contribution < -0.4 is 0 Å². The standard InChI is InChI=1S/C19H12FN3S/c20-16-8-6-13(7-9-16)17-18(15-10-21-12-22-11-15)24-19(23-17)14-4-2-1-3-5-14/h1-12H. The smallest absolute Gasteiger partial charge is 0.124 e. The zero-order valence-electron chi connectivity index (χ0n) is 12.6. The molecule has 4 rings (SSSR count). The van der Waals surface area contributed by atoms with Gasteiger partial charge in [-0.25, -0.2) is 19.3 Å². The lowest BCUT2D eigenvalue weighted by Gasteiger charge is -2.01. The van der Waals surface area contributed by atoms with E-state index in [1.54, 1.807) is 35.9 Å². The van der Waals surface area contributed by atoms with Gasteiger partial charge in [0.1, 0.15) is 17.2 Å². The van der Waals surface area contributed by atoms with Crippen molar-refractivity contribution in [2.75, 3.05) is 0 Å². The van der Waals surface area contributed by atoms with Crippen molar-refractivity contribution in [3.63, 3.8) is 0 Å². The normalized spacial score (nSPS) is 10.7. The fraction of sp³-hybridized carbons (Fsp3) is 0. The molecule has 0 saturated heterocycles. The summed E-state index contributed by atoms with van der Waals surface area (Å²) in [4.78, 5) is 14.0. The molecule has 0 unspecified atom stereocenters. The third kappa shape index (κ3) is 2.81. The van der Waals surface area contributed by atoms with Gasteiger partial charge in [-0.2, -0.15) is 0 Å². The van der Waals surface area contributed by atoms with Crippen molar-refractivity contribution in [1.29, 1.82) is 0 Å². The number of halogens is 1. The summed E-state index contributed by atoms with van der Waals surface area (Å²) in [5.74, 6) is -0.262. The van der Waals surface area contributed by atoms with Crippen LogP contribution in [0, 0.1) is 5.82 Å². The van der Waals surface area contributed by atoms with E-state index in [4.69, 9.17) is 4.98 Å². The maximum atomic E-state index is 13.3. The van der Waals surface area contributed by atoms with E-state index in [2.05, 4.69) is 9.97 Å². The van der Waals surface area contributed by atoms with Crippen LogP contribution in [0.2, 0.25) is 0 Å². The summed E-state index contributed by atoms with van der Waals surface area (Å²) in [5.41, 5.74) is 3.63. The zero-order chi connectivity index (χ0) is 16.4. The number of benzene rings is 2. The summed E-state index contributed by atoms with van der Waals surface area (Å²) in [6.07, 6.45) is 5.03. The molecule has 0 amide bonds. The van der Waals surface area contributed by atoms with Crippen LogP contribution in [0.4, 0.5) is 4.39 Å². The summed E-state index contributed by atoms with van der Waals surface area (Å²) in [6.45, 7) is 0. The Hall–Kier alpha value is -2.92. The van der Waals surface area contributed by atoms with Gasteiger partial charge >= 0.3 is 0 Å². The second-order valence-corrected chi connectivity index (χ2v) is 6.20. The number of hydrogen-bond acceptors (Lipinski definition) is 4. The zero-order valence-corrected chi connectivity index (χ0v) is 13.4. The molecule has 0 atom stereocenters. The van der Waals surface area contributed by atoms with Crippen molar-refractivity contribution in [1.82, 2.24) is 15.0 Å². The third-order valence-corrected chi connectivity index (χ3v) is 4.74. The SMILES string of the molecule is Fc1ccc(-c2nc(-c3ccccc3)sc2-c2cncnc2)cc1. The average molecular weight is 333 g/mol. The van der Waals surface area contributed by atoms with Gasteiger partial charge in [0.2, 0.25) is 0 Å². The van der Waals surface area contributed by atoms with Crippen molar-refractivity contribution >= 4 is 11.3 Å². The highest BCUT2D eigenvalue weighted by Crippen LogP contribution is 2.40. The molecule has 0 radical (unpaired) electrons. The molecule has 2 aromatic carbocycles. The van der Waals surface area contributed by atoms with Gasteiger partial charge in [0.05, 0.1) is 10.6 Å². The molecule has 5 heteroatoms. The van der Waals surface area contributed by atoms with Crippen LogP contribution in [0.25, 0.3) is 32.3 Å². The molecule has 0 aliphatic carbocycles. The first kappa shape index (κ1) is 14.7. The number of nitrogens with zero attached hydrogens (tertiary/aromatic N) is 3. The van der Waals surface area contributed by atoms with Crippen LogP contribution in [0.1, 0.15) is 0 Å². The first-order valence-corrected chi connectivity index (χ1v) is 8.20. The Morgan fingerprint density at radius 3 is 2.17 bits per heavy atom. The van der Waals surface area contributed by atoms with Crippen LogP contribution in [-0.2, 0) is 0 Å². The van der Waals surface area contributed by atoms with Crippen LogP contribution in [0.5, 0.6) is 0 Å². The van der Waals surface area contributed by atoms with E-state index in [0.29, 0.717) is 0 Å². The second kappa shape index (κ2) is 6.29. The van der Waals surface area contributed by atoms with E-state index in [0.717, 1.165) is 32.3 Å². The molecular weight excluding hydrogens is 321 g/mol. The molecule has 2 aromatic heterocycles. The fourth-order valence-electron chi connectivity index (χ4n) is 2.44. The lowest BCUT2D eigenvalue weighted by Crippen LogP contribution is -1.85. The summed E-state index contributed by atoms with van der Waals surface area (Å²) in [5, 5.41) is 0.911.